The van der Waals surface area contributed by atoms with Gasteiger partial charge in [0, 0.05) is 12.2 Å². The lowest BCUT2D eigenvalue weighted by molar-refractivity contribution is -0.123. The first-order valence-corrected chi connectivity index (χ1v) is 13.0. The zero-order valence-electron chi connectivity index (χ0n) is 18.0. The summed E-state index contributed by atoms with van der Waals surface area (Å²) in [4.78, 5) is 15.2. The maximum atomic E-state index is 14.0. The Morgan fingerprint density at radius 3 is 2.88 bits per heavy atom. The summed E-state index contributed by atoms with van der Waals surface area (Å²) >= 11 is 8.90. The first kappa shape index (κ1) is 24.4. The number of thiocarbonyl (C=S) groups is 1. The van der Waals surface area contributed by atoms with Crippen LogP contribution in [0.2, 0.25) is 0 Å². The van der Waals surface area contributed by atoms with E-state index in [2.05, 4.69) is 22.6 Å². The molecule has 0 unspecified atom stereocenters. The first-order valence-electron chi connectivity index (χ1n) is 10.7. The van der Waals surface area contributed by atoms with Gasteiger partial charge in [-0.3, -0.25) is 9.69 Å². The van der Waals surface area contributed by atoms with Gasteiger partial charge in [-0.2, -0.15) is 0 Å². The summed E-state index contributed by atoms with van der Waals surface area (Å²) in [5.74, 6) is 0.672. The van der Waals surface area contributed by atoms with E-state index in [4.69, 9.17) is 26.4 Å². The largest absolute Gasteiger partial charge is 0.490 e. The standard InChI is InChI=1S/C24H23FINO4S2/c1-2-29-20-11-15(10-19(26)22(20)31-14-16-6-3-4-8-18(16)25)12-21-23(28)27(24(32)33-21)13-17-7-5-9-30-17/h3-4,6,8,10-12,17H,2,5,7,9,13-14H2,1H3/b21-12-/t17-/m0/s1. The lowest BCUT2D eigenvalue weighted by Crippen LogP contribution is -2.35. The molecule has 2 saturated heterocycles. The van der Waals surface area contributed by atoms with Crippen molar-refractivity contribution in [2.75, 3.05) is 19.8 Å². The van der Waals surface area contributed by atoms with Gasteiger partial charge in [-0.05, 0) is 72.2 Å². The molecular weight excluding hydrogens is 576 g/mol. The predicted octanol–water partition coefficient (Wildman–Crippen LogP) is 5.79. The normalized spacial score (nSPS) is 19.5. The number of halogens is 2. The summed E-state index contributed by atoms with van der Waals surface area (Å²) in [5, 5.41) is 0. The van der Waals surface area contributed by atoms with E-state index in [0.717, 1.165) is 28.6 Å². The molecule has 2 aromatic carbocycles. The van der Waals surface area contributed by atoms with Crippen molar-refractivity contribution in [1.82, 2.24) is 4.90 Å². The fourth-order valence-electron chi connectivity index (χ4n) is 3.64. The number of amides is 1. The van der Waals surface area contributed by atoms with Gasteiger partial charge in [0.1, 0.15) is 16.7 Å². The van der Waals surface area contributed by atoms with Gasteiger partial charge >= 0.3 is 0 Å². The van der Waals surface area contributed by atoms with Gasteiger partial charge in [-0.25, -0.2) is 4.39 Å². The molecule has 0 radical (unpaired) electrons. The summed E-state index contributed by atoms with van der Waals surface area (Å²) in [7, 11) is 0. The molecule has 2 fully saturated rings. The molecule has 2 aromatic rings. The van der Waals surface area contributed by atoms with Gasteiger partial charge < -0.3 is 14.2 Å². The SMILES string of the molecule is CCOc1cc(/C=C2\SC(=S)N(C[C@@H]3CCCO3)C2=O)cc(I)c1OCc1ccccc1F. The molecule has 2 aliphatic heterocycles. The van der Waals surface area contributed by atoms with Gasteiger partial charge in [-0.1, -0.05) is 42.2 Å². The molecular formula is C24H23FINO4S2. The molecule has 0 saturated carbocycles. The number of carbonyl (C=O) groups excluding carboxylic acids is 1. The number of benzene rings is 2. The van der Waals surface area contributed by atoms with Crippen LogP contribution in [0.5, 0.6) is 11.5 Å². The third kappa shape index (κ3) is 5.87. The Hall–Kier alpha value is -1.69. The van der Waals surface area contributed by atoms with E-state index in [1.807, 2.05) is 25.1 Å². The Morgan fingerprint density at radius 1 is 1.33 bits per heavy atom. The fourth-order valence-corrected chi connectivity index (χ4v) is 5.70. The zero-order chi connectivity index (χ0) is 23.4. The fraction of sp³-hybridized carbons (Fsp3) is 0.333. The summed E-state index contributed by atoms with van der Waals surface area (Å²) in [6.45, 7) is 3.64. The van der Waals surface area contributed by atoms with E-state index in [1.165, 1.54) is 17.8 Å². The highest BCUT2D eigenvalue weighted by atomic mass is 127. The lowest BCUT2D eigenvalue weighted by atomic mass is 10.1. The second-order valence-corrected chi connectivity index (χ2v) is 10.4. The van der Waals surface area contributed by atoms with Crippen molar-refractivity contribution in [2.24, 2.45) is 0 Å². The Morgan fingerprint density at radius 2 is 2.15 bits per heavy atom. The smallest absolute Gasteiger partial charge is 0.266 e. The van der Waals surface area contributed by atoms with Crippen LogP contribution in [0.4, 0.5) is 4.39 Å². The van der Waals surface area contributed by atoms with Crippen molar-refractivity contribution in [3.63, 3.8) is 0 Å². The predicted molar refractivity (Wildman–Crippen MR) is 140 cm³/mol. The van der Waals surface area contributed by atoms with Crippen LogP contribution < -0.4 is 9.47 Å². The Kier molecular flexibility index (Phi) is 8.26. The van der Waals surface area contributed by atoms with E-state index in [-0.39, 0.29) is 24.4 Å². The van der Waals surface area contributed by atoms with E-state index >= 15 is 0 Å². The highest BCUT2D eigenvalue weighted by Crippen LogP contribution is 2.38. The average Bonchev–Trinajstić information content (AvgIpc) is 3.39. The third-order valence-corrected chi connectivity index (χ3v) is 7.42. The number of hydrogen-bond donors (Lipinski definition) is 0. The zero-order valence-corrected chi connectivity index (χ0v) is 21.8. The number of carbonyl (C=O) groups is 1. The molecule has 1 amide bonds. The highest BCUT2D eigenvalue weighted by molar-refractivity contribution is 14.1. The van der Waals surface area contributed by atoms with Crippen molar-refractivity contribution in [3.05, 3.63) is 61.8 Å². The maximum absolute atomic E-state index is 14.0. The maximum Gasteiger partial charge on any atom is 0.266 e. The van der Waals surface area contributed by atoms with Crippen LogP contribution in [0, 0.1) is 9.39 Å². The van der Waals surface area contributed by atoms with Gasteiger partial charge in [0.15, 0.2) is 11.5 Å². The molecule has 9 heteroatoms. The summed E-state index contributed by atoms with van der Waals surface area (Å²) in [5.41, 5.74) is 1.27. The minimum atomic E-state index is -0.313. The van der Waals surface area contributed by atoms with Gasteiger partial charge in [0.25, 0.3) is 5.91 Å². The minimum absolute atomic E-state index is 0.0447. The summed E-state index contributed by atoms with van der Waals surface area (Å²) in [6.07, 6.45) is 3.82. The quantitative estimate of drug-likeness (QED) is 0.218. The topological polar surface area (TPSA) is 48.0 Å². The molecule has 0 aromatic heterocycles. The van der Waals surface area contributed by atoms with Crippen LogP contribution in [0.15, 0.2) is 41.3 Å². The van der Waals surface area contributed by atoms with Crippen molar-refractivity contribution in [2.45, 2.75) is 32.5 Å². The molecule has 0 spiro atoms. The Balaban J connectivity index is 1.54. The van der Waals surface area contributed by atoms with Crippen molar-refractivity contribution in [3.8, 4) is 11.5 Å². The number of rotatable bonds is 8. The van der Waals surface area contributed by atoms with Crippen LogP contribution >= 0.6 is 46.6 Å². The molecule has 2 aliphatic rings. The molecule has 0 aliphatic carbocycles. The second-order valence-electron chi connectivity index (χ2n) is 7.57. The van der Waals surface area contributed by atoms with Gasteiger partial charge in [-0.15, -0.1) is 0 Å². The molecule has 174 valence electrons. The molecule has 4 rings (SSSR count). The van der Waals surface area contributed by atoms with Gasteiger partial charge in [0.05, 0.1) is 27.7 Å². The Bertz CT molecular complexity index is 1090. The van der Waals surface area contributed by atoms with E-state index in [1.54, 1.807) is 23.1 Å². The average molecular weight is 599 g/mol. The highest BCUT2D eigenvalue weighted by Gasteiger charge is 2.34. The number of thioether (sulfide) groups is 1. The van der Waals surface area contributed by atoms with Crippen LogP contribution in [0.25, 0.3) is 6.08 Å². The van der Waals surface area contributed by atoms with E-state index in [0.29, 0.717) is 39.4 Å². The second kappa shape index (κ2) is 11.2. The number of nitrogens with zero attached hydrogens (tertiary/aromatic N) is 1. The lowest BCUT2D eigenvalue weighted by Gasteiger charge is -2.18. The number of ether oxygens (including phenoxy) is 3. The molecule has 0 N–H and O–H groups in total. The Labute approximate surface area is 215 Å². The van der Waals surface area contributed by atoms with E-state index < -0.39 is 0 Å². The monoisotopic (exact) mass is 599 g/mol. The summed E-state index contributed by atoms with van der Waals surface area (Å²) in [6, 6.07) is 10.3. The van der Waals surface area contributed by atoms with Crippen molar-refractivity contribution < 1.29 is 23.4 Å². The van der Waals surface area contributed by atoms with Crippen molar-refractivity contribution in [1.29, 1.82) is 0 Å². The van der Waals surface area contributed by atoms with Crippen LogP contribution in [-0.2, 0) is 16.1 Å². The molecule has 2 heterocycles. The molecule has 33 heavy (non-hydrogen) atoms. The third-order valence-electron chi connectivity index (χ3n) is 5.24. The summed E-state index contributed by atoms with van der Waals surface area (Å²) < 4.78 is 32.7. The first-order chi connectivity index (χ1) is 16.0. The molecule has 0 bridgehead atoms. The van der Waals surface area contributed by atoms with Crippen LogP contribution in [-0.4, -0.2) is 41.0 Å². The van der Waals surface area contributed by atoms with Crippen LogP contribution in [0.1, 0.15) is 30.9 Å². The van der Waals surface area contributed by atoms with Crippen LogP contribution in [0.3, 0.4) is 0 Å². The van der Waals surface area contributed by atoms with Gasteiger partial charge in [0.2, 0.25) is 0 Å². The van der Waals surface area contributed by atoms with Crippen molar-refractivity contribution >= 4 is 62.9 Å². The molecule has 1 atom stereocenters. The number of hydrogen-bond acceptors (Lipinski definition) is 6. The molecule has 5 nitrogen and oxygen atoms in total. The van der Waals surface area contributed by atoms with E-state index in [9.17, 15) is 9.18 Å². The minimum Gasteiger partial charge on any atom is -0.490 e.